The lowest BCUT2D eigenvalue weighted by Crippen LogP contribution is -1.91. The lowest BCUT2D eigenvalue weighted by atomic mass is 10.1. The van der Waals surface area contributed by atoms with Gasteiger partial charge in [0.05, 0.1) is 10.6 Å². The monoisotopic (exact) mass is 203 g/mol. The fraction of sp³-hybridized carbons (Fsp3) is 0.250. The highest BCUT2D eigenvalue weighted by atomic mass is 32.1. The van der Waals surface area contributed by atoms with Gasteiger partial charge in [0.1, 0.15) is 0 Å². The molecule has 0 saturated carbocycles. The quantitative estimate of drug-likeness (QED) is 0.661. The maximum Gasteiger partial charge on any atom is 0.0798 e. The third-order valence-corrected chi connectivity index (χ3v) is 3.18. The second-order valence-electron chi connectivity index (χ2n) is 3.48. The molecule has 1 nitrogen and oxygen atoms in total. The molecule has 0 aromatic carbocycles. The zero-order valence-corrected chi connectivity index (χ0v) is 9.21. The van der Waals surface area contributed by atoms with Crippen molar-refractivity contribution >= 4 is 17.0 Å². The van der Waals surface area contributed by atoms with Crippen molar-refractivity contribution in [2.24, 2.45) is 10.9 Å². The van der Waals surface area contributed by atoms with Crippen LogP contribution in [0.2, 0.25) is 0 Å². The SMILES string of the molecule is Cc1ccc(C2=NC=CC(C)C=C2)s1. The van der Waals surface area contributed by atoms with Crippen LogP contribution in [0, 0.1) is 12.8 Å². The predicted molar refractivity (Wildman–Crippen MR) is 63.0 cm³/mol. The zero-order chi connectivity index (χ0) is 9.97. The van der Waals surface area contributed by atoms with E-state index in [1.165, 1.54) is 9.75 Å². The Balaban J connectivity index is 2.32. The highest BCUT2D eigenvalue weighted by molar-refractivity contribution is 7.14. The number of hydrogen-bond donors (Lipinski definition) is 0. The molecule has 2 heteroatoms. The smallest absolute Gasteiger partial charge is 0.0798 e. The molecule has 0 amide bonds. The van der Waals surface area contributed by atoms with Gasteiger partial charge in [-0.2, -0.15) is 0 Å². The van der Waals surface area contributed by atoms with E-state index in [1.807, 2.05) is 6.20 Å². The highest BCUT2D eigenvalue weighted by Gasteiger charge is 2.04. The lowest BCUT2D eigenvalue weighted by Gasteiger charge is -1.94. The van der Waals surface area contributed by atoms with Gasteiger partial charge in [-0.15, -0.1) is 11.3 Å². The first kappa shape index (κ1) is 9.41. The first-order valence-electron chi connectivity index (χ1n) is 4.75. The number of rotatable bonds is 1. The molecule has 2 heterocycles. The molecule has 0 N–H and O–H groups in total. The van der Waals surface area contributed by atoms with E-state index in [-0.39, 0.29) is 0 Å². The van der Waals surface area contributed by atoms with Crippen molar-refractivity contribution in [3.63, 3.8) is 0 Å². The first-order chi connectivity index (χ1) is 6.75. The molecule has 2 rings (SSSR count). The molecular weight excluding hydrogens is 190 g/mol. The maximum absolute atomic E-state index is 4.42. The number of allylic oxidation sites excluding steroid dienone is 3. The minimum Gasteiger partial charge on any atom is -0.256 e. The average molecular weight is 203 g/mol. The minimum absolute atomic E-state index is 0.484. The molecule has 72 valence electrons. The van der Waals surface area contributed by atoms with Crippen molar-refractivity contribution in [3.8, 4) is 0 Å². The molecule has 1 aliphatic rings. The van der Waals surface area contributed by atoms with E-state index in [9.17, 15) is 0 Å². The third-order valence-electron chi connectivity index (χ3n) is 2.15. The Morgan fingerprint density at radius 2 is 2.14 bits per heavy atom. The zero-order valence-electron chi connectivity index (χ0n) is 8.40. The summed E-state index contributed by atoms with van der Waals surface area (Å²) in [5, 5.41) is 0. The Morgan fingerprint density at radius 1 is 1.29 bits per heavy atom. The van der Waals surface area contributed by atoms with E-state index in [4.69, 9.17) is 0 Å². The Bertz CT molecular complexity index is 410. The van der Waals surface area contributed by atoms with Crippen LogP contribution in [0.15, 0.2) is 41.6 Å². The van der Waals surface area contributed by atoms with Crippen LogP contribution >= 0.6 is 11.3 Å². The standard InChI is InChI=1S/C12H13NS/c1-9-3-5-11(13-8-7-9)12-6-4-10(2)14-12/h3-9H,1-2H3. The molecule has 1 aromatic rings. The first-order valence-corrected chi connectivity index (χ1v) is 5.57. The second-order valence-corrected chi connectivity index (χ2v) is 4.77. The van der Waals surface area contributed by atoms with Crippen LogP contribution in [0.1, 0.15) is 16.7 Å². The van der Waals surface area contributed by atoms with Crippen LogP contribution in [0.25, 0.3) is 0 Å². The van der Waals surface area contributed by atoms with Crippen LogP contribution in [-0.2, 0) is 0 Å². The van der Waals surface area contributed by atoms with Crippen molar-refractivity contribution < 1.29 is 0 Å². The second kappa shape index (κ2) is 3.93. The summed E-state index contributed by atoms with van der Waals surface area (Å²) in [7, 11) is 0. The van der Waals surface area contributed by atoms with E-state index >= 15 is 0 Å². The highest BCUT2D eigenvalue weighted by Crippen LogP contribution is 2.18. The van der Waals surface area contributed by atoms with Gasteiger partial charge in [-0.1, -0.05) is 19.1 Å². The maximum atomic E-state index is 4.42. The van der Waals surface area contributed by atoms with Gasteiger partial charge in [0.25, 0.3) is 0 Å². The fourth-order valence-electron chi connectivity index (χ4n) is 1.33. The fourth-order valence-corrected chi connectivity index (χ4v) is 2.17. The van der Waals surface area contributed by atoms with Crippen LogP contribution < -0.4 is 0 Å². The third kappa shape index (κ3) is 2.02. The van der Waals surface area contributed by atoms with Gasteiger partial charge in [0.2, 0.25) is 0 Å². The summed E-state index contributed by atoms with van der Waals surface area (Å²) >= 11 is 1.79. The molecule has 0 bridgehead atoms. The Labute approximate surface area is 88.5 Å². The van der Waals surface area contributed by atoms with Crippen molar-refractivity contribution in [1.29, 1.82) is 0 Å². The summed E-state index contributed by atoms with van der Waals surface area (Å²) in [6.07, 6.45) is 8.28. The molecular formula is C12H13NS. The summed E-state index contributed by atoms with van der Waals surface area (Å²) < 4.78 is 0. The number of aliphatic imine (C=N–C) groups is 1. The Hall–Kier alpha value is -1.15. The molecule has 1 aliphatic heterocycles. The summed E-state index contributed by atoms with van der Waals surface area (Å²) in [4.78, 5) is 7.00. The van der Waals surface area contributed by atoms with E-state index in [2.05, 4.69) is 49.2 Å². The number of thiophene rings is 1. The molecule has 1 unspecified atom stereocenters. The van der Waals surface area contributed by atoms with E-state index in [0.717, 1.165) is 5.71 Å². The molecule has 14 heavy (non-hydrogen) atoms. The van der Waals surface area contributed by atoms with Gasteiger partial charge in [0, 0.05) is 11.1 Å². The van der Waals surface area contributed by atoms with E-state index < -0.39 is 0 Å². The van der Waals surface area contributed by atoms with Gasteiger partial charge < -0.3 is 0 Å². The van der Waals surface area contributed by atoms with Gasteiger partial charge in [-0.05, 0) is 31.1 Å². The molecule has 0 fully saturated rings. The van der Waals surface area contributed by atoms with Gasteiger partial charge in [-0.3, -0.25) is 4.99 Å². The van der Waals surface area contributed by atoms with E-state index in [1.54, 1.807) is 11.3 Å². The summed E-state index contributed by atoms with van der Waals surface area (Å²) in [5.41, 5.74) is 1.07. The topological polar surface area (TPSA) is 12.4 Å². The molecule has 0 spiro atoms. The number of nitrogens with zero attached hydrogens (tertiary/aromatic N) is 1. The minimum atomic E-state index is 0.484. The normalized spacial score (nSPS) is 20.7. The van der Waals surface area contributed by atoms with Crippen molar-refractivity contribution in [3.05, 3.63) is 46.3 Å². The van der Waals surface area contributed by atoms with Crippen molar-refractivity contribution in [1.82, 2.24) is 0 Å². The van der Waals surface area contributed by atoms with Gasteiger partial charge in [-0.25, -0.2) is 0 Å². The summed E-state index contributed by atoms with van der Waals surface area (Å²) in [6.45, 7) is 4.28. The molecule has 1 atom stereocenters. The van der Waals surface area contributed by atoms with Crippen LogP contribution in [-0.4, -0.2) is 5.71 Å². The van der Waals surface area contributed by atoms with Gasteiger partial charge >= 0.3 is 0 Å². The van der Waals surface area contributed by atoms with Crippen molar-refractivity contribution in [2.45, 2.75) is 13.8 Å². The molecule has 0 saturated heterocycles. The largest absolute Gasteiger partial charge is 0.256 e. The molecule has 0 aliphatic carbocycles. The van der Waals surface area contributed by atoms with Crippen LogP contribution in [0.3, 0.4) is 0 Å². The summed E-state index contributed by atoms with van der Waals surface area (Å²) in [6, 6.07) is 4.27. The van der Waals surface area contributed by atoms with Crippen LogP contribution in [0.4, 0.5) is 0 Å². The molecule has 0 radical (unpaired) electrons. The number of hydrogen-bond acceptors (Lipinski definition) is 2. The Kier molecular flexibility index (Phi) is 2.64. The average Bonchev–Trinajstić information content (AvgIpc) is 2.46. The van der Waals surface area contributed by atoms with Crippen LogP contribution in [0.5, 0.6) is 0 Å². The number of aryl methyl sites for hydroxylation is 1. The lowest BCUT2D eigenvalue weighted by molar-refractivity contribution is 0.940. The van der Waals surface area contributed by atoms with E-state index in [0.29, 0.717) is 5.92 Å². The predicted octanol–water partition coefficient (Wildman–Crippen LogP) is 3.57. The van der Waals surface area contributed by atoms with Crippen molar-refractivity contribution in [2.75, 3.05) is 0 Å². The Morgan fingerprint density at radius 3 is 2.86 bits per heavy atom. The molecule has 1 aromatic heterocycles. The summed E-state index contributed by atoms with van der Waals surface area (Å²) in [5.74, 6) is 0.484. The van der Waals surface area contributed by atoms with Gasteiger partial charge in [0.15, 0.2) is 0 Å².